The van der Waals surface area contributed by atoms with Gasteiger partial charge in [0.25, 0.3) is 5.91 Å². The van der Waals surface area contributed by atoms with Crippen molar-refractivity contribution in [3.8, 4) is 22.6 Å². The zero-order chi connectivity index (χ0) is 17.8. The first kappa shape index (κ1) is 16.8. The number of benzene rings is 3. The van der Waals surface area contributed by atoms with Crippen LogP contribution in [0.25, 0.3) is 21.9 Å². The second kappa shape index (κ2) is 7.26. The van der Waals surface area contributed by atoms with E-state index in [2.05, 4.69) is 11.4 Å². The van der Waals surface area contributed by atoms with E-state index in [1.807, 2.05) is 55.5 Å². The van der Waals surface area contributed by atoms with Crippen molar-refractivity contribution in [2.75, 3.05) is 20.8 Å². The molecule has 0 spiro atoms. The fourth-order valence-electron chi connectivity index (χ4n) is 2.80. The molecule has 0 aliphatic carbocycles. The molecular formula is C21H21NO3. The van der Waals surface area contributed by atoms with Crippen LogP contribution in [0.2, 0.25) is 0 Å². The number of carbonyl (C=O) groups is 1. The average molecular weight is 335 g/mol. The maximum absolute atomic E-state index is 12.0. The second-order valence-corrected chi connectivity index (χ2v) is 5.74. The van der Waals surface area contributed by atoms with Gasteiger partial charge in [-0.25, -0.2) is 0 Å². The lowest BCUT2D eigenvalue weighted by molar-refractivity contribution is 0.0956. The van der Waals surface area contributed by atoms with Crippen molar-refractivity contribution in [3.05, 3.63) is 60.2 Å². The summed E-state index contributed by atoms with van der Waals surface area (Å²) in [6.07, 6.45) is 0. The number of fused-ring (bicyclic) bond motifs is 1. The maximum atomic E-state index is 12.0. The summed E-state index contributed by atoms with van der Waals surface area (Å²) in [5, 5.41) is 4.93. The predicted octanol–water partition coefficient (Wildman–Crippen LogP) is 4.27. The summed E-state index contributed by atoms with van der Waals surface area (Å²) >= 11 is 0. The first-order valence-electron chi connectivity index (χ1n) is 8.20. The monoisotopic (exact) mass is 335 g/mol. The van der Waals surface area contributed by atoms with Gasteiger partial charge in [-0.2, -0.15) is 0 Å². The molecule has 0 atom stereocenters. The van der Waals surface area contributed by atoms with Gasteiger partial charge in [0.15, 0.2) is 0 Å². The van der Waals surface area contributed by atoms with E-state index in [0.29, 0.717) is 12.1 Å². The van der Waals surface area contributed by atoms with Gasteiger partial charge >= 0.3 is 0 Å². The predicted molar refractivity (Wildman–Crippen MR) is 100 cm³/mol. The van der Waals surface area contributed by atoms with E-state index in [4.69, 9.17) is 9.47 Å². The lowest BCUT2D eigenvalue weighted by Crippen LogP contribution is -2.22. The van der Waals surface area contributed by atoms with Crippen LogP contribution in [-0.4, -0.2) is 26.7 Å². The molecule has 3 rings (SSSR count). The van der Waals surface area contributed by atoms with Gasteiger partial charge in [0.2, 0.25) is 0 Å². The fourth-order valence-corrected chi connectivity index (χ4v) is 2.80. The molecule has 0 saturated carbocycles. The van der Waals surface area contributed by atoms with Crippen molar-refractivity contribution in [2.24, 2.45) is 0 Å². The minimum atomic E-state index is -0.0500. The Kier molecular flexibility index (Phi) is 4.89. The SMILES string of the molecule is CCNC(=O)c1ccc2cc(-c3cc(OC)cc(OC)c3)ccc2c1. The highest BCUT2D eigenvalue weighted by Crippen LogP contribution is 2.31. The third kappa shape index (κ3) is 3.58. The quantitative estimate of drug-likeness (QED) is 0.757. The molecule has 1 amide bonds. The smallest absolute Gasteiger partial charge is 0.251 e. The van der Waals surface area contributed by atoms with Gasteiger partial charge in [-0.05, 0) is 59.2 Å². The third-order valence-corrected chi connectivity index (χ3v) is 4.12. The largest absolute Gasteiger partial charge is 0.497 e. The average Bonchev–Trinajstić information content (AvgIpc) is 2.66. The van der Waals surface area contributed by atoms with Crippen molar-refractivity contribution in [2.45, 2.75) is 6.92 Å². The Morgan fingerprint density at radius 3 is 2.12 bits per heavy atom. The summed E-state index contributed by atoms with van der Waals surface area (Å²) < 4.78 is 10.7. The van der Waals surface area contributed by atoms with Gasteiger partial charge < -0.3 is 14.8 Å². The summed E-state index contributed by atoms with van der Waals surface area (Å²) in [5.41, 5.74) is 2.76. The Morgan fingerprint density at radius 1 is 0.840 bits per heavy atom. The van der Waals surface area contributed by atoms with E-state index in [1.54, 1.807) is 14.2 Å². The fraction of sp³-hybridized carbons (Fsp3) is 0.190. The van der Waals surface area contributed by atoms with Crippen LogP contribution in [0.5, 0.6) is 11.5 Å². The molecular weight excluding hydrogens is 314 g/mol. The molecule has 0 aromatic heterocycles. The minimum absolute atomic E-state index is 0.0500. The molecule has 0 fully saturated rings. The molecule has 128 valence electrons. The van der Waals surface area contributed by atoms with Gasteiger partial charge in [0.1, 0.15) is 11.5 Å². The Balaban J connectivity index is 2.02. The number of hydrogen-bond acceptors (Lipinski definition) is 3. The zero-order valence-corrected chi connectivity index (χ0v) is 14.6. The molecule has 3 aromatic carbocycles. The molecule has 4 heteroatoms. The van der Waals surface area contributed by atoms with Gasteiger partial charge in [0.05, 0.1) is 14.2 Å². The van der Waals surface area contributed by atoms with Crippen LogP contribution in [-0.2, 0) is 0 Å². The number of nitrogens with one attached hydrogen (secondary N) is 1. The number of methoxy groups -OCH3 is 2. The first-order chi connectivity index (χ1) is 12.1. The van der Waals surface area contributed by atoms with Crippen molar-refractivity contribution in [3.63, 3.8) is 0 Å². The summed E-state index contributed by atoms with van der Waals surface area (Å²) in [4.78, 5) is 12.0. The molecule has 0 heterocycles. The van der Waals surface area contributed by atoms with Crippen LogP contribution in [0.1, 0.15) is 17.3 Å². The highest BCUT2D eigenvalue weighted by Gasteiger charge is 2.08. The first-order valence-corrected chi connectivity index (χ1v) is 8.20. The van der Waals surface area contributed by atoms with Gasteiger partial charge in [-0.15, -0.1) is 0 Å². The van der Waals surface area contributed by atoms with E-state index in [0.717, 1.165) is 33.4 Å². The lowest BCUT2D eigenvalue weighted by atomic mass is 9.99. The Labute approximate surface area is 147 Å². The highest BCUT2D eigenvalue weighted by molar-refractivity contribution is 5.99. The third-order valence-electron chi connectivity index (χ3n) is 4.12. The van der Waals surface area contributed by atoms with Crippen LogP contribution in [0.4, 0.5) is 0 Å². The normalized spacial score (nSPS) is 10.5. The van der Waals surface area contributed by atoms with Gasteiger partial charge in [-0.1, -0.05) is 18.2 Å². The molecule has 0 unspecified atom stereocenters. The van der Waals surface area contributed by atoms with Crippen LogP contribution < -0.4 is 14.8 Å². The number of amides is 1. The van der Waals surface area contributed by atoms with Gasteiger partial charge in [0, 0.05) is 18.2 Å². The minimum Gasteiger partial charge on any atom is -0.497 e. The summed E-state index contributed by atoms with van der Waals surface area (Å²) in [6.45, 7) is 2.53. The zero-order valence-electron chi connectivity index (χ0n) is 14.6. The summed E-state index contributed by atoms with van der Waals surface area (Å²) in [5.74, 6) is 1.45. The second-order valence-electron chi connectivity index (χ2n) is 5.74. The molecule has 0 bridgehead atoms. The highest BCUT2D eigenvalue weighted by atomic mass is 16.5. The molecule has 25 heavy (non-hydrogen) atoms. The Bertz CT molecular complexity index is 896. The maximum Gasteiger partial charge on any atom is 0.251 e. The number of hydrogen-bond donors (Lipinski definition) is 1. The summed E-state index contributed by atoms with van der Waals surface area (Å²) in [7, 11) is 3.28. The van der Waals surface area contributed by atoms with E-state index in [9.17, 15) is 4.79 Å². The molecule has 4 nitrogen and oxygen atoms in total. The molecule has 1 N–H and O–H groups in total. The number of carbonyl (C=O) groups excluding carboxylic acids is 1. The van der Waals surface area contributed by atoms with E-state index in [1.165, 1.54) is 0 Å². The van der Waals surface area contributed by atoms with Crippen LogP contribution >= 0.6 is 0 Å². The van der Waals surface area contributed by atoms with E-state index >= 15 is 0 Å². The Morgan fingerprint density at radius 2 is 1.48 bits per heavy atom. The lowest BCUT2D eigenvalue weighted by Gasteiger charge is -2.10. The van der Waals surface area contributed by atoms with Crippen molar-refractivity contribution >= 4 is 16.7 Å². The molecule has 3 aromatic rings. The van der Waals surface area contributed by atoms with E-state index < -0.39 is 0 Å². The molecule has 0 radical (unpaired) electrons. The molecule has 0 saturated heterocycles. The topological polar surface area (TPSA) is 47.6 Å². The van der Waals surface area contributed by atoms with Crippen LogP contribution in [0.3, 0.4) is 0 Å². The molecule has 0 aliphatic heterocycles. The Hall–Kier alpha value is -3.01. The molecule has 0 aliphatic rings. The number of ether oxygens (including phenoxy) is 2. The van der Waals surface area contributed by atoms with Crippen molar-refractivity contribution < 1.29 is 14.3 Å². The van der Waals surface area contributed by atoms with Crippen LogP contribution in [0, 0.1) is 0 Å². The summed E-state index contributed by atoms with van der Waals surface area (Å²) in [6, 6.07) is 17.7. The van der Waals surface area contributed by atoms with Crippen LogP contribution in [0.15, 0.2) is 54.6 Å². The number of rotatable bonds is 5. The van der Waals surface area contributed by atoms with Gasteiger partial charge in [-0.3, -0.25) is 4.79 Å². The van der Waals surface area contributed by atoms with E-state index in [-0.39, 0.29) is 5.91 Å². The van der Waals surface area contributed by atoms with Crippen molar-refractivity contribution in [1.29, 1.82) is 0 Å². The standard InChI is InChI=1S/C21H21NO3/c1-4-22-21(23)17-8-7-14-9-16(6-5-15(14)10-17)18-11-19(24-2)13-20(12-18)25-3/h5-13H,4H2,1-3H3,(H,22,23). The van der Waals surface area contributed by atoms with Crippen molar-refractivity contribution in [1.82, 2.24) is 5.32 Å².